The Morgan fingerprint density at radius 3 is 1.03 bits per heavy atom. The lowest BCUT2D eigenvalue weighted by Gasteiger charge is -2.39. The Morgan fingerprint density at radius 1 is 0.255 bits per heavy atom. The summed E-state index contributed by atoms with van der Waals surface area (Å²) in [5, 5.41) is 0. The molecule has 13 aliphatic rings. The smallest absolute Gasteiger partial charge is 0.0603 e. The SMILES string of the molecule is CC1CC(OC2CCCCC2)C1.CC1CC(OC2CCN(CCN3CCCCC3)CC2)C1.CC1CC(OCCCN2CCCCC2)C1.CCCC1CCN(CC2CC(C)C2)CC1.CCCCCCN1CCC(OC2CC(C)C2)CC1.CCCN1CCC(OC2CCC2)CC1. The number of rotatable bonds is 27. The van der Waals surface area contributed by atoms with Gasteiger partial charge in [-0.3, -0.25) is 0 Å². The summed E-state index contributed by atoms with van der Waals surface area (Å²) in [4.78, 5) is 15.8. The minimum atomic E-state index is 0.554. The molecule has 0 aromatic carbocycles. The molecule has 7 saturated carbocycles. The highest BCUT2D eigenvalue weighted by Crippen LogP contribution is 2.37. The summed E-state index contributed by atoms with van der Waals surface area (Å²) in [6.45, 7) is 43.0. The molecule has 13 rings (SSSR count). The van der Waals surface area contributed by atoms with Crippen molar-refractivity contribution < 1.29 is 23.7 Å². The summed E-state index contributed by atoms with van der Waals surface area (Å²) in [5.74, 6) is 6.77. The van der Waals surface area contributed by atoms with E-state index in [1.807, 2.05) is 0 Å². The van der Waals surface area contributed by atoms with Crippen molar-refractivity contribution in [3.05, 3.63) is 0 Å². The van der Waals surface area contributed by atoms with Gasteiger partial charge in [0.1, 0.15) is 0 Å². The summed E-state index contributed by atoms with van der Waals surface area (Å²) in [7, 11) is 0. The molecule has 0 atom stereocenters. The van der Waals surface area contributed by atoms with Crippen molar-refractivity contribution in [1.82, 2.24) is 29.4 Å². The Balaban J connectivity index is 0.000000146. The van der Waals surface area contributed by atoms with E-state index in [0.29, 0.717) is 54.9 Å². The van der Waals surface area contributed by atoms with Gasteiger partial charge in [-0.05, 0) is 286 Å². The average molecular weight is 1320 g/mol. The molecule has 7 aliphatic carbocycles. The molecule has 6 aliphatic heterocycles. The molecule has 0 aromatic rings. The molecule has 0 N–H and O–H groups in total. The predicted octanol–water partition coefficient (Wildman–Crippen LogP) is 18.4. The van der Waals surface area contributed by atoms with Gasteiger partial charge in [0.05, 0.1) is 54.9 Å². The van der Waals surface area contributed by atoms with Crippen LogP contribution in [0.4, 0.5) is 0 Å². The summed E-state index contributed by atoms with van der Waals surface area (Å²) in [6.07, 6.45) is 59.6. The van der Waals surface area contributed by atoms with Gasteiger partial charge < -0.3 is 53.1 Å². The average Bonchev–Trinajstić information content (AvgIpc) is 1.71. The fourth-order valence-electron chi connectivity index (χ4n) is 18.1. The zero-order chi connectivity index (χ0) is 66.0. The van der Waals surface area contributed by atoms with Crippen molar-refractivity contribution in [2.24, 2.45) is 41.4 Å². The molecule has 0 aromatic heterocycles. The van der Waals surface area contributed by atoms with Crippen molar-refractivity contribution in [2.45, 2.75) is 367 Å². The van der Waals surface area contributed by atoms with Crippen LogP contribution in [-0.4, -0.2) is 209 Å². The molecular formula is C83H158N6O5. The molecule has 6 saturated heterocycles. The van der Waals surface area contributed by atoms with Gasteiger partial charge in [0, 0.05) is 72.1 Å². The van der Waals surface area contributed by atoms with Crippen LogP contribution in [0, 0.1) is 41.4 Å². The van der Waals surface area contributed by atoms with E-state index in [9.17, 15) is 0 Å². The lowest BCUT2D eigenvalue weighted by Crippen LogP contribution is -2.44. The predicted molar refractivity (Wildman–Crippen MR) is 398 cm³/mol. The summed E-state index contributed by atoms with van der Waals surface area (Å²) >= 11 is 0. The normalized spacial score (nSPS) is 32.4. The van der Waals surface area contributed by atoms with E-state index in [4.69, 9.17) is 23.7 Å². The van der Waals surface area contributed by atoms with Crippen LogP contribution in [0.5, 0.6) is 0 Å². The lowest BCUT2D eigenvalue weighted by molar-refractivity contribution is -0.0908. The van der Waals surface area contributed by atoms with E-state index in [2.05, 4.69) is 84.8 Å². The van der Waals surface area contributed by atoms with Crippen LogP contribution >= 0.6 is 0 Å². The van der Waals surface area contributed by atoms with Crippen LogP contribution in [0.25, 0.3) is 0 Å². The quantitative estimate of drug-likeness (QED) is 0.0739. The molecular weight excluding hydrogens is 1160 g/mol. The van der Waals surface area contributed by atoms with Crippen LogP contribution < -0.4 is 0 Å². The van der Waals surface area contributed by atoms with E-state index in [1.165, 1.54) is 375 Å². The third-order valence-corrected chi connectivity index (χ3v) is 24.9. The molecule has 13 fully saturated rings. The van der Waals surface area contributed by atoms with Gasteiger partial charge in [-0.15, -0.1) is 0 Å². The summed E-state index contributed by atoms with van der Waals surface area (Å²) in [5.41, 5.74) is 0. The van der Waals surface area contributed by atoms with Crippen LogP contribution in [0.15, 0.2) is 0 Å². The first kappa shape index (κ1) is 79.3. The molecule has 6 heterocycles. The molecule has 0 bridgehead atoms. The van der Waals surface area contributed by atoms with E-state index in [0.717, 1.165) is 48.0 Å². The largest absolute Gasteiger partial charge is 0.378 e. The number of piperidine rings is 6. The number of hydrogen-bond donors (Lipinski definition) is 0. The first-order valence-electron chi connectivity index (χ1n) is 42.5. The minimum Gasteiger partial charge on any atom is -0.378 e. The number of likely N-dealkylation sites (tertiary alicyclic amines) is 6. The minimum absolute atomic E-state index is 0.554. The monoisotopic (exact) mass is 1320 g/mol. The molecule has 0 unspecified atom stereocenters. The Labute approximate surface area is 583 Å². The van der Waals surface area contributed by atoms with Crippen LogP contribution in [0.2, 0.25) is 0 Å². The highest BCUT2D eigenvalue weighted by Gasteiger charge is 2.34. The maximum Gasteiger partial charge on any atom is 0.0603 e. The van der Waals surface area contributed by atoms with Crippen molar-refractivity contribution in [2.75, 3.05) is 124 Å². The third-order valence-electron chi connectivity index (χ3n) is 24.9. The van der Waals surface area contributed by atoms with Crippen LogP contribution in [0.3, 0.4) is 0 Å². The Kier molecular flexibility index (Phi) is 39.0. The maximum atomic E-state index is 6.20. The molecule has 550 valence electrons. The van der Waals surface area contributed by atoms with E-state index < -0.39 is 0 Å². The summed E-state index contributed by atoms with van der Waals surface area (Å²) < 4.78 is 30.2. The Hall–Kier alpha value is -0.440. The third kappa shape index (κ3) is 31.8. The molecule has 94 heavy (non-hydrogen) atoms. The van der Waals surface area contributed by atoms with Gasteiger partial charge in [0.15, 0.2) is 0 Å². The maximum absolute atomic E-state index is 6.20. The fourth-order valence-corrected chi connectivity index (χ4v) is 18.1. The standard InChI is InChI=1S/C17H32N2O.C16H31NO.C14H27N.C13H25NO.C12H23NO.C11H20O/c1-15-13-17(14-15)20-16-5-9-19(10-6-16)12-11-18-7-3-2-4-8-18;1-3-4-5-6-9-17-10-7-15(8-11-17)18-16-12-14(2)13-16;1-3-4-13-5-7-15(8-6-13)11-14-9-12(2)10-14;1-12-10-13(11-12)15-9-5-8-14-6-3-2-4-7-14;1-2-8-13-9-6-12(7-10-13)14-11-4-3-5-11;1-9-7-11(8-9)12-10-5-3-2-4-6-10/h15-17H,2-14H2,1H3;14-16H,3-13H2,1-2H3;12-14H,3-11H2,1-2H3;12-13H,2-11H2,1H3;11-12H,2-10H2,1H3;9-11H,2-8H2,1H3. The van der Waals surface area contributed by atoms with Crippen molar-refractivity contribution in [3.63, 3.8) is 0 Å². The van der Waals surface area contributed by atoms with Gasteiger partial charge in [0.2, 0.25) is 0 Å². The van der Waals surface area contributed by atoms with Gasteiger partial charge in [0.25, 0.3) is 0 Å². The molecule has 11 nitrogen and oxygen atoms in total. The van der Waals surface area contributed by atoms with Crippen molar-refractivity contribution >= 4 is 0 Å². The fraction of sp³-hybridized carbons (Fsp3) is 1.00. The summed E-state index contributed by atoms with van der Waals surface area (Å²) in [6, 6.07) is 0. The Bertz CT molecular complexity index is 1800. The van der Waals surface area contributed by atoms with Gasteiger partial charge in [-0.25, -0.2) is 0 Å². The molecule has 0 spiro atoms. The van der Waals surface area contributed by atoms with Crippen molar-refractivity contribution in [1.29, 1.82) is 0 Å². The number of hydrogen-bond acceptors (Lipinski definition) is 11. The lowest BCUT2D eigenvalue weighted by atomic mass is 9.75. The second kappa shape index (κ2) is 46.2. The van der Waals surface area contributed by atoms with Crippen molar-refractivity contribution in [3.8, 4) is 0 Å². The number of nitrogens with zero attached hydrogens (tertiary/aromatic N) is 6. The Morgan fingerprint density at radius 2 is 0.617 bits per heavy atom. The van der Waals surface area contributed by atoms with Gasteiger partial charge >= 0.3 is 0 Å². The first-order chi connectivity index (χ1) is 45.9. The van der Waals surface area contributed by atoms with E-state index in [-0.39, 0.29) is 0 Å². The van der Waals surface area contributed by atoms with E-state index >= 15 is 0 Å². The number of unbranched alkanes of at least 4 members (excludes halogenated alkanes) is 3. The van der Waals surface area contributed by atoms with Gasteiger partial charge in [-0.1, -0.05) is 120 Å². The van der Waals surface area contributed by atoms with Crippen LogP contribution in [0.1, 0.15) is 312 Å². The van der Waals surface area contributed by atoms with Crippen LogP contribution in [-0.2, 0) is 23.7 Å². The van der Waals surface area contributed by atoms with E-state index in [1.54, 1.807) is 0 Å². The molecule has 0 amide bonds. The highest BCUT2D eigenvalue weighted by atomic mass is 16.5. The second-order valence-corrected chi connectivity index (χ2v) is 34.3. The first-order valence-corrected chi connectivity index (χ1v) is 42.5. The second-order valence-electron chi connectivity index (χ2n) is 34.3. The highest BCUT2D eigenvalue weighted by molar-refractivity contribution is 4.86. The van der Waals surface area contributed by atoms with Gasteiger partial charge in [-0.2, -0.15) is 0 Å². The molecule has 11 heteroatoms. The zero-order valence-corrected chi connectivity index (χ0v) is 63.7. The molecule has 0 radical (unpaired) electrons. The topological polar surface area (TPSA) is 65.6 Å². The zero-order valence-electron chi connectivity index (χ0n) is 63.7. The number of ether oxygens (including phenoxy) is 5.